The third-order valence-corrected chi connectivity index (χ3v) is 4.96. The van der Waals surface area contributed by atoms with Gasteiger partial charge in [0.15, 0.2) is 6.61 Å². The van der Waals surface area contributed by atoms with Crippen molar-refractivity contribution < 1.29 is 33.6 Å². The average Bonchev–Trinajstić information content (AvgIpc) is 2.77. The van der Waals surface area contributed by atoms with Gasteiger partial charge in [-0.1, -0.05) is 12.1 Å². The molecule has 2 aromatic carbocycles. The van der Waals surface area contributed by atoms with Crippen molar-refractivity contribution in [1.82, 2.24) is 0 Å². The number of hydrogen-bond acceptors (Lipinski definition) is 8. The van der Waals surface area contributed by atoms with Crippen LogP contribution in [0.2, 0.25) is 0 Å². The summed E-state index contributed by atoms with van der Waals surface area (Å²) in [4.78, 5) is 61.7. The van der Waals surface area contributed by atoms with Crippen molar-refractivity contribution in [2.24, 2.45) is 0 Å². The van der Waals surface area contributed by atoms with Crippen LogP contribution in [-0.4, -0.2) is 47.4 Å². The molecule has 0 aliphatic carbocycles. The third kappa shape index (κ3) is 4.66. The summed E-state index contributed by atoms with van der Waals surface area (Å²) in [5.74, 6) is -2.99. The number of non-ortho nitro benzene ring substituents is 1. The molecular weight excluding hydrogens is 434 g/mol. The number of amides is 2. The molecule has 0 spiro atoms. The normalized spacial score (nSPS) is 14.0. The number of rotatable bonds is 6. The predicted molar refractivity (Wildman–Crippen MR) is 116 cm³/mol. The Morgan fingerprint density at radius 2 is 1.67 bits per heavy atom. The van der Waals surface area contributed by atoms with Crippen molar-refractivity contribution in [3.63, 3.8) is 0 Å². The molecule has 172 valence electrons. The summed E-state index contributed by atoms with van der Waals surface area (Å²) in [7, 11) is 0. The molecule has 0 saturated heterocycles. The number of hydrogen-bond donors (Lipinski definition) is 1. The molecule has 1 heterocycles. The van der Waals surface area contributed by atoms with Crippen molar-refractivity contribution in [3.05, 3.63) is 63.7 Å². The lowest BCUT2D eigenvalue weighted by molar-refractivity contribution is -0.384. The number of nitro benzene ring substituents is 1. The Bertz CT molecular complexity index is 1160. The molecule has 1 aliphatic heterocycles. The number of benzene rings is 2. The Labute approximate surface area is 188 Å². The Morgan fingerprint density at radius 3 is 2.27 bits per heavy atom. The first-order valence-corrected chi connectivity index (χ1v) is 9.93. The zero-order valence-corrected chi connectivity index (χ0v) is 18.1. The van der Waals surface area contributed by atoms with Crippen molar-refractivity contribution in [2.75, 3.05) is 23.4 Å². The molecule has 1 N–H and O–H groups in total. The monoisotopic (exact) mass is 455 g/mol. The third-order valence-electron chi connectivity index (χ3n) is 4.96. The Hall–Kier alpha value is -4.28. The summed E-state index contributed by atoms with van der Waals surface area (Å²) < 4.78 is 9.91. The van der Waals surface area contributed by atoms with Crippen LogP contribution < -0.4 is 10.2 Å². The lowest BCUT2D eigenvalue weighted by atomic mass is 9.96. The average molecular weight is 455 g/mol. The number of para-hydroxylation sites is 2. The van der Waals surface area contributed by atoms with Crippen LogP contribution in [0.4, 0.5) is 17.1 Å². The molecule has 0 aromatic heterocycles. The van der Waals surface area contributed by atoms with Crippen LogP contribution in [0.3, 0.4) is 0 Å². The molecule has 1 aliphatic rings. The Morgan fingerprint density at radius 1 is 1.06 bits per heavy atom. The number of esters is 2. The number of carbonyl (C=O) groups excluding carboxylic acids is 4. The standard InChI is InChI=1S/C22H21N3O8/c1-4-32-19(27)13-9-14(11-15(10-13)25(30)31)20(28)33-12-18(26)24-17-8-6-5-7-16(17)23-21(29)22(24,2)3/h5-11H,4,12H2,1-3H3,(H,23,29). The van der Waals surface area contributed by atoms with Gasteiger partial charge in [0, 0.05) is 12.1 Å². The van der Waals surface area contributed by atoms with Crippen LogP contribution in [0, 0.1) is 10.1 Å². The highest BCUT2D eigenvalue weighted by Gasteiger charge is 2.43. The molecule has 3 rings (SSSR count). The van der Waals surface area contributed by atoms with Crippen molar-refractivity contribution >= 4 is 40.8 Å². The van der Waals surface area contributed by atoms with Crippen LogP contribution in [0.15, 0.2) is 42.5 Å². The van der Waals surface area contributed by atoms with E-state index < -0.39 is 46.5 Å². The fraction of sp³-hybridized carbons (Fsp3) is 0.273. The smallest absolute Gasteiger partial charge is 0.338 e. The quantitative estimate of drug-likeness (QED) is 0.397. The molecule has 11 heteroatoms. The number of nitrogens with one attached hydrogen (secondary N) is 1. The van der Waals surface area contributed by atoms with Crippen molar-refractivity contribution in [1.29, 1.82) is 0 Å². The van der Waals surface area contributed by atoms with E-state index in [4.69, 9.17) is 9.47 Å². The lowest BCUT2D eigenvalue weighted by Gasteiger charge is -2.41. The van der Waals surface area contributed by atoms with Gasteiger partial charge in [-0.15, -0.1) is 0 Å². The minimum Gasteiger partial charge on any atom is -0.462 e. The number of carbonyl (C=O) groups is 4. The molecular formula is C22H21N3O8. The van der Waals surface area contributed by atoms with Crippen molar-refractivity contribution in [2.45, 2.75) is 26.3 Å². The first-order chi connectivity index (χ1) is 15.6. The molecule has 0 unspecified atom stereocenters. The Kier molecular flexibility index (Phi) is 6.43. The maximum atomic E-state index is 13.0. The summed E-state index contributed by atoms with van der Waals surface area (Å²) in [6, 6.07) is 9.67. The maximum absolute atomic E-state index is 13.0. The van der Waals surface area contributed by atoms with Gasteiger partial charge in [-0.05, 0) is 39.0 Å². The molecule has 0 radical (unpaired) electrons. The van der Waals surface area contributed by atoms with E-state index in [9.17, 15) is 29.3 Å². The van der Waals surface area contributed by atoms with Gasteiger partial charge in [-0.25, -0.2) is 9.59 Å². The fourth-order valence-electron chi connectivity index (χ4n) is 3.34. The van der Waals surface area contributed by atoms with Crippen LogP contribution in [0.1, 0.15) is 41.5 Å². The first kappa shape index (κ1) is 23.4. The van der Waals surface area contributed by atoms with E-state index >= 15 is 0 Å². The molecule has 0 saturated carbocycles. The number of anilines is 2. The largest absolute Gasteiger partial charge is 0.462 e. The highest BCUT2D eigenvalue weighted by molar-refractivity contribution is 6.14. The lowest BCUT2D eigenvalue weighted by Crippen LogP contribution is -2.59. The molecule has 33 heavy (non-hydrogen) atoms. The van der Waals surface area contributed by atoms with E-state index in [1.165, 1.54) is 4.90 Å². The van der Waals surface area contributed by atoms with Gasteiger partial charge in [0.1, 0.15) is 5.54 Å². The highest BCUT2D eigenvalue weighted by Crippen LogP contribution is 2.36. The predicted octanol–water partition coefficient (Wildman–Crippen LogP) is 2.69. The van der Waals surface area contributed by atoms with Crippen LogP contribution in [-0.2, 0) is 19.1 Å². The molecule has 2 aromatic rings. The zero-order valence-electron chi connectivity index (χ0n) is 18.1. The summed E-state index contributed by atoms with van der Waals surface area (Å²) >= 11 is 0. The highest BCUT2D eigenvalue weighted by atomic mass is 16.6. The van der Waals surface area contributed by atoms with E-state index in [0.29, 0.717) is 11.4 Å². The summed E-state index contributed by atoms with van der Waals surface area (Å²) in [6.07, 6.45) is 0. The number of nitrogens with zero attached hydrogens (tertiary/aromatic N) is 2. The van der Waals surface area contributed by atoms with Gasteiger partial charge in [0.25, 0.3) is 11.6 Å². The number of ether oxygens (including phenoxy) is 2. The van der Waals surface area contributed by atoms with Crippen LogP contribution in [0.25, 0.3) is 0 Å². The minimum absolute atomic E-state index is 0.0382. The van der Waals surface area contributed by atoms with Crippen LogP contribution in [0.5, 0.6) is 0 Å². The molecule has 0 atom stereocenters. The second kappa shape index (κ2) is 9.07. The summed E-state index contributed by atoms with van der Waals surface area (Å²) in [6.45, 7) is 3.96. The maximum Gasteiger partial charge on any atom is 0.338 e. The van der Waals surface area contributed by atoms with E-state index in [-0.39, 0.29) is 17.7 Å². The van der Waals surface area contributed by atoms with E-state index in [0.717, 1.165) is 18.2 Å². The van der Waals surface area contributed by atoms with Gasteiger partial charge >= 0.3 is 11.9 Å². The van der Waals surface area contributed by atoms with E-state index in [1.807, 2.05) is 0 Å². The van der Waals surface area contributed by atoms with Gasteiger partial charge in [-0.3, -0.25) is 24.6 Å². The zero-order chi connectivity index (χ0) is 24.3. The number of fused-ring (bicyclic) bond motifs is 1. The van der Waals surface area contributed by atoms with Gasteiger partial charge in [0.05, 0.1) is 34.0 Å². The SMILES string of the molecule is CCOC(=O)c1cc(C(=O)OCC(=O)N2c3ccccc3NC(=O)C2(C)C)cc([N+](=O)[O-])c1. The van der Waals surface area contributed by atoms with E-state index in [2.05, 4.69) is 5.32 Å². The summed E-state index contributed by atoms with van der Waals surface area (Å²) in [5, 5.41) is 13.9. The van der Waals surface area contributed by atoms with Crippen LogP contribution >= 0.6 is 0 Å². The molecule has 0 bridgehead atoms. The topological polar surface area (TPSA) is 145 Å². The van der Waals surface area contributed by atoms with Gasteiger partial charge in [-0.2, -0.15) is 0 Å². The second-order valence-corrected chi connectivity index (χ2v) is 7.58. The van der Waals surface area contributed by atoms with E-state index in [1.54, 1.807) is 45.0 Å². The minimum atomic E-state index is -1.26. The van der Waals surface area contributed by atoms with Gasteiger partial charge < -0.3 is 14.8 Å². The molecule has 0 fully saturated rings. The fourth-order valence-corrected chi connectivity index (χ4v) is 3.34. The summed E-state index contributed by atoms with van der Waals surface area (Å²) in [5.41, 5.74) is -1.41. The second-order valence-electron chi connectivity index (χ2n) is 7.58. The molecule has 11 nitrogen and oxygen atoms in total. The van der Waals surface area contributed by atoms with Crippen molar-refractivity contribution in [3.8, 4) is 0 Å². The number of nitro groups is 1. The van der Waals surface area contributed by atoms with Gasteiger partial charge in [0.2, 0.25) is 5.91 Å². The molecule has 2 amide bonds. The first-order valence-electron chi connectivity index (χ1n) is 9.93. The Balaban J connectivity index is 1.83.